The van der Waals surface area contributed by atoms with Crippen molar-refractivity contribution in [3.8, 4) is 5.75 Å². The monoisotopic (exact) mass is 214 g/mol. The zero-order chi connectivity index (χ0) is 11.5. The highest BCUT2D eigenvalue weighted by atomic mass is 16.3. The van der Waals surface area contributed by atoms with E-state index in [1.54, 1.807) is 24.3 Å². The average molecular weight is 214 g/mol. The molecule has 0 atom stereocenters. The third-order valence-electron chi connectivity index (χ3n) is 2.22. The minimum absolute atomic E-state index is 0.158. The molecular formula is C12H10N2O2. The lowest BCUT2D eigenvalue weighted by molar-refractivity contribution is -0.108. The van der Waals surface area contributed by atoms with Crippen LogP contribution in [0.5, 0.6) is 5.75 Å². The third-order valence-corrected chi connectivity index (χ3v) is 2.22. The highest BCUT2D eigenvalue weighted by molar-refractivity contribution is 5.82. The van der Waals surface area contributed by atoms with Crippen LogP contribution in [0, 0.1) is 0 Å². The highest BCUT2D eigenvalue weighted by Crippen LogP contribution is 2.19. The minimum Gasteiger partial charge on any atom is -0.508 e. The summed E-state index contributed by atoms with van der Waals surface area (Å²) in [7, 11) is 0. The molecule has 1 amide bonds. The Kier molecular flexibility index (Phi) is 2.55. The van der Waals surface area contributed by atoms with Crippen LogP contribution in [-0.2, 0) is 4.79 Å². The van der Waals surface area contributed by atoms with Gasteiger partial charge in [-0.2, -0.15) is 0 Å². The van der Waals surface area contributed by atoms with E-state index in [1.165, 1.54) is 0 Å². The van der Waals surface area contributed by atoms with Crippen molar-refractivity contribution >= 4 is 23.0 Å². The summed E-state index contributed by atoms with van der Waals surface area (Å²) in [5, 5.41) is 12.7. The number of aromatic nitrogens is 1. The molecule has 0 bridgehead atoms. The Morgan fingerprint density at radius 2 is 2.12 bits per heavy atom. The molecule has 1 heterocycles. The summed E-state index contributed by atoms with van der Waals surface area (Å²) in [5.41, 5.74) is 1.66. The Bertz CT molecular complexity index is 564. The van der Waals surface area contributed by atoms with Crippen molar-refractivity contribution in [1.29, 1.82) is 0 Å². The highest BCUT2D eigenvalue weighted by Gasteiger charge is 2.02. The largest absolute Gasteiger partial charge is 0.508 e. The van der Waals surface area contributed by atoms with Crippen LogP contribution < -0.4 is 5.32 Å². The van der Waals surface area contributed by atoms with E-state index in [9.17, 15) is 9.90 Å². The Balaban J connectivity index is 2.50. The van der Waals surface area contributed by atoms with Crippen LogP contribution in [-0.4, -0.2) is 16.5 Å². The van der Waals surface area contributed by atoms with Gasteiger partial charge in [0.2, 0.25) is 6.41 Å². The van der Waals surface area contributed by atoms with Gasteiger partial charge in [-0.25, -0.2) is 4.98 Å². The summed E-state index contributed by atoms with van der Waals surface area (Å²) >= 11 is 0. The van der Waals surface area contributed by atoms with Crippen LogP contribution in [0.3, 0.4) is 0 Å². The van der Waals surface area contributed by atoms with E-state index in [1.807, 2.05) is 6.07 Å². The lowest BCUT2D eigenvalue weighted by Crippen LogP contribution is -2.08. The number of rotatable bonds is 3. The predicted octanol–water partition coefficient (Wildman–Crippen LogP) is 1.66. The van der Waals surface area contributed by atoms with Gasteiger partial charge in [0.05, 0.1) is 16.9 Å². The van der Waals surface area contributed by atoms with Gasteiger partial charge >= 0.3 is 0 Å². The van der Waals surface area contributed by atoms with Crippen molar-refractivity contribution in [2.24, 2.45) is 0 Å². The Morgan fingerprint density at radius 1 is 1.38 bits per heavy atom. The van der Waals surface area contributed by atoms with Crippen molar-refractivity contribution in [2.75, 3.05) is 0 Å². The first-order chi connectivity index (χ1) is 7.70. The summed E-state index contributed by atoms with van der Waals surface area (Å²) < 4.78 is 0. The minimum atomic E-state index is 0.158. The molecular weight excluding hydrogens is 204 g/mol. The molecule has 0 aliphatic rings. The van der Waals surface area contributed by atoms with Gasteiger partial charge in [0, 0.05) is 11.5 Å². The predicted molar refractivity (Wildman–Crippen MR) is 61.6 cm³/mol. The lowest BCUT2D eigenvalue weighted by atomic mass is 10.2. The molecule has 0 fully saturated rings. The summed E-state index contributed by atoms with van der Waals surface area (Å²) in [4.78, 5) is 14.5. The summed E-state index contributed by atoms with van der Waals surface area (Å²) in [6.07, 6.45) is 0.552. The molecule has 4 nitrogen and oxygen atoms in total. The van der Waals surface area contributed by atoms with E-state index < -0.39 is 0 Å². The Labute approximate surface area is 92.2 Å². The number of hydrogen-bond acceptors (Lipinski definition) is 3. The van der Waals surface area contributed by atoms with E-state index in [2.05, 4.69) is 16.9 Å². The number of benzene rings is 1. The molecule has 4 heteroatoms. The van der Waals surface area contributed by atoms with Gasteiger partial charge in [0.1, 0.15) is 5.75 Å². The number of nitrogens with one attached hydrogen (secondary N) is 1. The number of fused-ring (bicyclic) bond motifs is 1. The van der Waals surface area contributed by atoms with E-state index in [0.29, 0.717) is 23.3 Å². The van der Waals surface area contributed by atoms with Crippen LogP contribution in [0.2, 0.25) is 0 Å². The Hall–Kier alpha value is -2.36. The number of phenolic OH excluding ortho intramolecular Hbond substituents is 1. The second-order valence-corrected chi connectivity index (χ2v) is 3.31. The van der Waals surface area contributed by atoms with Crippen LogP contribution in [0.4, 0.5) is 0 Å². The number of phenols is 1. The Morgan fingerprint density at radius 3 is 2.88 bits per heavy atom. The first-order valence-corrected chi connectivity index (χ1v) is 4.70. The second kappa shape index (κ2) is 4.02. The number of pyridine rings is 1. The average Bonchev–Trinajstić information content (AvgIpc) is 2.28. The van der Waals surface area contributed by atoms with Gasteiger partial charge in [0.15, 0.2) is 0 Å². The zero-order valence-electron chi connectivity index (χ0n) is 8.47. The normalized spacial score (nSPS) is 10.0. The SMILES string of the molecule is C=C(NC=O)c1ccc2ccc(O)cc2n1. The number of amides is 1. The van der Waals surface area contributed by atoms with E-state index >= 15 is 0 Å². The number of aromatic hydroxyl groups is 1. The maximum atomic E-state index is 10.3. The third kappa shape index (κ3) is 1.86. The zero-order valence-corrected chi connectivity index (χ0v) is 8.47. The smallest absolute Gasteiger partial charge is 0.211 e. The van der Waals surface area contributed by atoms with Crippen LogP contribution in [0.1, 0.15) is 5.69 Å². The van der Waals surface area contributed by atoms with Gasteiger partial charge < -0.3 is 10.4 Å². The number of carbonyl (C=O) groups excluding carboxylic acids is 1. The van der Waals surface area contributed by atoms with Crippen molar-refractivity contribution in [2.45, 2.75) is 0 Å². The fourth-order valence-electron chi connectivity index (χ4n) is 1.42. The molecule has 0 aliphatic carbocycles. The van der Waals surface area contributed by atoms with Gasteiger partial charge in [-0.15, -0.1) is 0 Å². The molecule has 0 unspecified atom stereocenters. The topological polar surface area (TPSA) is 62.2 Å². The van der Waals surface area contributed by atoms with Gasteiger partial charge in [-0.1, -0.05) is 12.6 Å². The van der Waals surface area contributed by atoms with Crippen LogP contribution >= 0.6 is 0 Å². The molecule has 0 aliphatic heterocycles. The number of hydrogen-bond donors (Lipinski definition) is 2. The summed E-state index contributed by atoms with van der Waals surface area (Å²) in [5.74, 6) is 0.158. The first-order valence-electron chi connectivity index (χ1n) is 4.70. The summed E-state index contributed by atoms with van der Waals surface area (Å²) in [6.45, 7) is 3.68. The molecule has 0 saturated carbocycles. The first kappa shape index (κ1) is 10.2. The molecule has 0 radical (unpaired) electrons. The summed E-state index contributed by atoms with van der Waals surface area (Å²) in [6, 6.07) is 8.56. The van der Waals surface area contributed by atoms with Crippen molar-refractivity contribution in [3.05, 3.63) is 42.6 Å². The van der Waals surface area contributed by atoms with Crippen molar-refractivity contribution in [3.63, 3.8) is 0 Å². The number of carbonyl (C=O) groups is 1. The maximum Gasteiger partial charge on any atom is 0.211 e. The molecule has 1 aromatic heterocycles. The lowest BCUT2D eigenvalue weighted by Gasteiger charge is -2.04. The van der Waals surface area contributed by atoms with Gasteiger partial charge in [0.25, 0.3) is 0 Å². The quantitative estimate of drug-likeness (QED) is 0.764. The molecule has 0 saturated heterocycles. The molecule has 1 aromatic carbocycles. The van der Waals surface area contributed by atoms with Crippen LogP contribution in [0.15, 0.2) is 36.9 Å². The van der Waals surface area contributed by atoms with Crippen molar-refractivity contribution in [1.82, 2.24) is 10.3 Å². The molecule has 0 spiro atoms. The number of nitrogens with zero attached hydrogens (tertiary/aromatic N) is 1. The van der Waals surface area contributed by atoms with E-state index in [4.69, 9.17) is 0 Å². The van der Waals surface area contributed by atoms with E-state index in [0.717, 1.165) is 5.39 Å². The maximum absolute atomic E-state index is 10.3. The molecule has 16 heavy (non-hydrogen) atoms. The fourth-order valence-corrected chi connectivity index (χ4v) is 1.42. The van der Waals surface area contributed by atoms with Gasteiger partial charge in [-0.3, -0.25) is 4.79 Å². The molecule has 2 aromatic rings. The van der Waals surface area contributed by atoms with Crippen LogP contribution in [0.25, 0.3) is 16.6 Å². The van der Waals surface area contributed by atoms with Crippen molar-refractivity contribution < 1.29 is 9.90 Å². The second-order valence-electron chi connectivity index (χ2n) is 3.31. The fraction of sp³-hybridized carbons (Fsp3) is 0. The molecule has 80 valence electrons. The van der Waals surface area contributed by atoms with E-state index in [-0.39, 0.29) is 5.75 Å². The molecule has 2 rings (SSSR count). The molecule has 2 N–H and O–H groups in total. The standard InChI is InChI=1S/C12H10N2O2/c1-8(13-7-15)11-5-3-9-2-4-10(16)6-12(9)14-11/h2-7,16H,1H2,(H,13,15). The van der Waals surface area contributed by atoms with Gasteiger partial charge in [-0.05, 0) is 18.2 Å².